The van der Waals surface area contributed by atoms with E-state index in [-0.39, 0.29) is 18.1 Å². The van der Waals surface area contributed by atoms with Gasteiger partial charge in [-0.3, -0.25) is 14.2 Å². The van der Waals surface area contributed by atoms with Crippen LogP contribution >= 0.6 is 0 Å². The number of ether oxygens (including phenoxy) is 2. The van der Waals surface area contributed by atoms with Crippen molar-refractivity contribution in [3.05, 3.63) is 64.2 Å². The smallest absolute Gasteiger partial charge is 0.261 e. The molecule has 1 aliphatic rings. The molecule has 1 aromatic heterocycles. The molecule has 1 amide bonds. The van der Waals surface area contributed by atoms with Crippen LogP contribution in [0.4, 0.5) is 0 Å². The molecule has 30 heavy (non-hydrogen) atoms. The summed E-state index contributed by atoms with van der Waals surface area (Å²) in [7, 11) is 1.61. The van der Waals surface area contributed by atoms with Crippen LogP contribution in [-0.4, -0.2) is 29.2 Å². The number of rotatable bonds is 6. The quantitative estimate of drug-likeness (QED) is 0.679. The van der Waals surface area contributed by atoms with E-state index in [1.54, 1.807) is 29.9 Å². The highest BCUT2D eigenvalue weighted by molar-refractivity contribution is 5.80. The molecule has 2 heterocycles. The molecule has 0 radical (unpaired) electrons. The molecule has 0 saturated heterocycles. The van der Waals surface area contributed by atoms with Crippen molar-refractivity contribution in [2.24, 2.45) is 0 Å². The summed E-state index contributed by atoms with van der Waals surface area (Å²) < 4.78 is 12.5. The minimum Gasteiger partial charge on any atom is -0.497 e. The molecule has 7 heteroatoms. The average molecular weight is 407 g/mol. The first-order valence-corrected chi connectivity index (χ1v) is 10.2. The van der Waals surface area contributed by atoms with Gasteiger partial charge in [0.2, 0.25) is 0 Å². The third-order valence-electron chi connectivity index (χ3n) is 5.31. The summed E-state index contributed by atoms with van der Waals surface area (Å²) in [4.78, 5) is 29.7. The molecule has 0 saturated carbocycles. The van der Waals surface area contributed by atoms with Gasteiger partial charge >= 0.3 is 0 Å². The molecule has 0 spiro atoms. The van der Waals surface area contributed by atoms with Gasteiger partial charge in [-0.05, 0) is 48.7 Å². The molecule has 1 N–H and O–H groups in total. The Kier molecular flexibility index (Phi) is 5.97. The van der Waals surface area contributed by atoms with Crippen molar-refractivity contribution in [2.75, 3.05) is 13.7 Å². The lowest BCUT2D eigenvalue weighted by Crippen LogP contribution is -2.28. The second-order valence-corrected chi connectivity index (χ2v) is 7.39. The Labute approximate surface area is 174 Å². The Morgan fingerprint density at radius 3 is 2.70 bits per heavy atom. The lowest BCUT2D eigenvalue weighted by Gasteiger charge is -2.11. The summed E-state index contributed by atoms with van der Waals surface area (Å²) in [6.45, 7) is 0.985. The summed E-state index contributed by atoms with van der Waals surface area (Å²) in [6, 6.07) is 12.7. The molecule has 1 aliphatic heterocycles. The first-order valence-electron chi connectivity index (χ1n) is 10.2. The van der Waals surface area contributed by atoms with Gasteiger partial charge in [0.25, 0.3) is 11.5 Å². The molecule has 0 fully saturated rings. The van der Waals surface area contributed by atoms with Crippen LogP contribution in [0.2, 0.25) is 0 Å². The number of nitrogens with zero attached hydrogens (tertiary/aromatic N) is 2. The number of amides is 1. The maximum absolute atomic E-state index is 12.9. The maximum Gasteiger partial charge on any atom is 0.261 e. The fraction of sp³-hybridized carbons (Fsp3) is 0.348. The van der Waals surface area contributed by atoms with Crippen LogP contribution in [0.3, 0.4) is 0 Å². The Bertz CT molecular complexity index is 1110. The van der Waals surface area contributed by atoms with E-state index in [2.05, 4.69) is 10.3 Å². The van der Waals surface area contributed by atoms with Gasteiger partial charge in [0, 0.05) is 19.5 Å². The zero-order valence-electron chi connectivity index (χ0n) is 17.0. The zero-order chi connectivity index (χ0) is 20.9. The standard InChI is InChI=1S/C23H25N3O4/c1-29-17-8-6-16(7-9-17)14-24-22(27)15-30-18-10-11-20-19(13-18)23(28)26-12-4-2-3-5-21(26)25-20/h6-11,13H,2-5,12,14-15H2,1H3,(H,24,27). The van der Waals surface area contributed by atoms with Crippen molar-refractivity contribution in [1.82, 2.24) is 14.9 Å². The number of benzene rings is 2. The molecule has 0 atom stereocenters. The molecule has 156 valence electrons. The van der Waals surface area contributed by atoms with Crippen molar-refractivity contribution < 1.29 is 14.3 Å². The second kappa shape index (κ2) is 8.98. The van der Waals surface area contributed by atoms with Gasteiger partial charge in [-0.2, -0.15) is 0 Å². The van der Waals surface area contributed by atoms with Gasteiger partial charge in [0.15, 0.2) is 6.61 Å². The lowest BCUT2D eigenvalue weighted by atomic mass is 10.2. The second-order valence-electron chi connectivity index (χ2n) is 7.39. The van der Waals surface area contributed by atoms with E-state index in [9.17, 15) is 9.59 Å². The fourth-order valence-corrected chi connectivity index (χ4v) is 3.63. The zero-order valence-corrected chi connectivity index (χ0v) is 17.0. The van der Waals surface area contributed by atoms with Gasteiger partial charge < -0.3 is 14.8 Å². The lowest BCUT2D eigenvalue weighted by molar-refractivity contribution is -0.123. The number of nitrogens with one attached hydrogen (secondary N) is 1. The van der Waals surface area contributed by atoms with Crippen molar-refractivity contribution >= 4 is 16.8 Å². The summed E-state index contributed by atoms with van der Waals surface area (Å²) in [5.74, 6) is 1.88. The topological polar surface area (TPSA) is 82.4 Å². The van der Waals surface area contributed by atoms with E-state index in [0.717, 1.165) is 42.8 Å². The van der Waals surface area contributed by atoms with E-state index in [1.165, 1.54) is 0 Å². The summed E-state index contributed by atoms with van der Waals surface area (Å²) in [5, 5.41) is 3.34. The van der Waals surface area contributed by atoms with Crippen LogP contribution in [0, 0.1) is 0 Å². The number of methoxy groups -OCH3 is 1. The van der Waals surface area contributed by atoms with Crippen LogP contribution in [0.15, 0.2) is 47.3 Å². The number of aryl methyl sites for hydroxylation is 1. The van der Waals surface area contributed by atoms with Crippen molar-refractivity contribution in [3.8, 4) is 11.5 Å². The van der Waals surface area contributed by atoms with Crippen molar-refractivity contribution in [1.29, 1.82) is 0 Å². The van der Waals surface area contributed by atoms with Crippen molar-refractivity contribution in [2.45, 2.75) is 38.8 Å². The van der Waals surface area contributed by atoms with Gasteiger partial charge in [-0.15, -0.1) is 0 Å². The maximum atomic E-state index is 12.9. The summed E-state index contributed by atoms with van der Waals surface area (Å²) in [5.41, 5.74) is 1.60. The van der Waals surface area contributed by atoms with Crippen LogP contribution in [-0.2, 0) is 24.3 Å². The molecule has 0 aliphatic carbocycles. The van der Waals surface area contributed by atoms with Crippen LogP contribution in [0.5, 0.6) is 11.5 Å². The number of fused-ring (bicyclic) bond motifs is 2. The van der Waals surface area contributed by atoms with E-state index in [0.29, 0.717) is 29.7 Å². The monoisotopic (exact) mass is 407 g/mol. The van der Waals surface area contributed by atoms with E-state index in [4.69, 9.17) is 9.47 Å². The van der Waals surface area contributed by atoms with Gasteiger partial charge in [-0.1, -0.05) is 18.6 Å². The largest absolute Gasteiger partial charge is 0.497 e. The summed E-state index contributed by atoms with van der Waals surface area (Å²) in [6.07, 6.45) is 3.99. The van der Waals surface area contributed by atoms with Gasteiger partial charge in [0.05, 0.1) is 18.0 Å². The molecule has 0 unspecified atom stereocenters. The van der Waals surface area contributed by atoms with Gasteiger partial charge in [-0.25, -0.2) is 4.98 Å². The van der Waals surface area contributed by atoms with E-state index in [1.807, 2.05) is 24.3 Å². The summed E-state index contributed by atoms with van der Waals surface area (Å²) >= 11 is 0. The van der Waals surface area contributed by atoms with E-state index < -0.39 is 0 Å². The molecular weight excluding hydrogens is 382 g/mol. The highest BCUT2D eigenvalue weighted by atomic mass is 16.5. The number of hydrogen-bond acceptors (Lipinski definition) is 5. The predicted octanol–water partition coefficient (Wildman–Crippen LogP) is 2.83. The third-order valence-corrected chi connectivity index (χ3v) is 5.31. The predicted molar refractivity (Wildman–Crippen MR) is 114 cm³/mol. The van der Waals surface area contributed by atoms with E-state index >= 15 is 0 Å². The fourth-order valence-electron chi connectivity index (χ4n) is 3.63. The molecule has 0 bridgehead atoms. The first kappa shape index (κ1) is 19.9. The van der Waals surface area contributed by atoms with Crippen LogP contribution < -0.4 is 20.3 Å². The SMILES string of the molecule is COc1ccc(CNC(=O)COc2ccc3nc4n(c(=O)c3c2)CCCCC4)cc1. The first-order chi connectivity index (χ1) is 14.6. The minimum atomic E-state index is -0.234. The van der Waals surface area contributed by atoms with Crippen LogP contribution in [0.25, 0.3) is 10.9 Å². The minimum absolute atomic E-state index is 0.0358. The molecule has 2 aromatic carbocycles. The highest BCUT2D eigenvalue weighted by Crippen LogP contribution is 2.19. The molecule has 3 aromatic rings. The molecular formula is C23H25N3O4. The average Bonchev–Trinajstić information content (AvgIpc) is 3.02. The van der Waals surface area contributed by atoms with Gasteiger partial charge in [0.1, 0.15) is 17.3 Å². The Hall–Kier alpha value is -3.35. The van der Waals surface area contributed by atoms with Crippen molar-refractivity contribution in [3.63, 3.8) is 0 Å². The Morgan fingerprint density at radius 1 is 1.10 bits per heavy atom. The number of carbonyl (C=O) groups excluding carboxylic acids is 1. The van der Waals surface area contributed by atoms with Crippen LogP contribution in [0.1, 0.15) is 30.7 Å². The molecule has 4 rings (SSSR count). The highest BCUT2D eigenvalue weighted by Gasteiger charge is 2.14. The number of hydrogen-bond donors (Lipinski definition) is 1. The Morgan fingerprint density at radius 2 is 1.90 bits per heavy atom. The number of carbonyl (C=O) groups is 1. The molecule has 7 nitrogen and oxygen atoms in total. The third kappa shape index (κ3) is 4.45. The number of aromatic nitrogens is 2. The normalized spacial score (nSPS) is 13.4. The Balaban J connectivity index is 1.40.